The van der Waals surface area contributed by atoms with E-state index < -0.39 is 12.3 Å². The highest BCUT2D eigenvalue weighted by molar-refractivity contribution is 4.79. The molecule has 0 aromatic carbocycles. The third kappa shape index (κ3) is 1.67. The highest BCUT2D eigenvalue weighted by atomic mass is 19.1. The van der Waals surface area contributed by atoms with Crippen molar-refractivity contribution < 1.29 is 14.2 Å². The van der Waals surface area contributed by atoms with Gasteiger partial charge in [-0.05, 0) is 12.8 Å². The first-order valence-corrected chi connectivity index (χ1v) is 3.59. The fourth-order valence-corrected chi connectivity index (χ4v) is 1.32. The highest BCUT2D eigenvalue weighted by Crippen LogP contribution is 2.23. The summed E-state index contributed by atoms with van der Waals surface area (Å²) in [7, 11) is 1.51. The first kappa shape index (κ1) is 7.95. The number of aliphatic hydroxyl groups excluding tert-OH is 1. The van der Waals surface area contributed by atoms with Crippen LogP contribution < -0.4 is 0 Å². The van der Waals surface area contributed by atoms with E-state index in [1.807, 2.05) is 0 Å². The van der Waals surface area contributed by atoms with Gasteiger partial charge in [0.1, 0.15) is 6.17 Å². The average Bonchev–Trinajstić information content (AvgIpc) is 1.94. The summed E-state index contributed by atoms with van der Waals surface area (Å²) < 4.78 is 17.5. The maximum atomic E-state index is 12.6. The Hall–Kier alpha value is -0.150. The molecule has 0 aromatic heterocycles. The molecule has 0 aliphatic heterocycles. The van der Waals surface area contributed by atoms with Crippen LogP contribution in [-0.2, 0) is 4.74 Å². The van der Waals surface area contributed by atoms with Crippen LogP contribution in [0, 0.1) is 0 Å². The van der Waals surface area contributed by atoms with Crippen LogP contribution in [-0.4, -0.2) is 30.6 Å². The summed E-state index contributed by atoms with van der Waals surface area (Å²) in [5.41, 5.74) is 0. The van der Waals surface area contributed by atoms with Gasteiger partial charge < -0.3 is 9.84 Å². The molecule has 1 aliphatic carbocycles. The zero-order valence-electron chi connectivity index (χ0n) is 6.09. The molecule has 1 N–H and O–H groups in total. The smallest absolute Gasteiger partial charge is 0.103 e. The predicted molar refractivity (Wildman–Crippen MR) is 35.6 cm³/mol. The summed E-state index contributed by atoms with van der Waals surface area (Å²) in [6, 6.07) is 0. The lowest BCUT2D eigenvalue weighted by Crippen LogP contribution is -2.35. The van der Waals surface area contributed by atoms with E-state index in [2.05, 4.69) is 0 Å². The van der Waals surface area contributed by atoms with Crippen LogP contribution in [0.1, 0.15) is 19.3 Å². The molecule has 60 valence electrons. The van der Waals surface area contributed by atoms with Gasteiger partial charge >= 0.3 is 0 Å². The van der Waals surface area contributed by atoms with Gasteiger partial charge in [0, 0.05) is 13.5 Å². The van der Waals surface area contributed by atoms with E-state index in [0.717, 1.165) is 0 Å². The third-order valence-corrected chi connectivity index (χ3v) is 2.00. The fourth-order valence-electron chi connectivity index (χ4n) is 1.32. The summed E-state index contributed by atoms with van der Waals surface area (Å²) in [5.74, 6) is 0. The van der Waals surface area contributed by atoms with E-state index in [1.54, 1.807) is 0 Å². The van der Waals surface area contributed by atoms with Crippen molar-refractivity contribution in [1.29, 1.82) is 0 Å². The first-order valence-electron chi connectivity index (χ1n) is 3.59. The number of hydrogen-bond donors (Lipinski definition) is 1. The van der Waals surface area contributed by atoms with Crippen molar-refractivity contribution in [2.45, 2.75) is 37.6 Å². The predicted octanol–water partition coefficient (Wildman–Crippen LogP) is 0.884. The van der Waals surface area contributed by atoms with Crippen molar-refractivity contribution in [3.05, 3.63) is 0 Å². The molecule has 1 saturated carbocycles. The molecule has 3 unspecified atom stereocenters. The number of halogens is 1. The van der Waals surface area contributed by atoms with Gasteiger partial charge in [0.05, 0.1) is 12.2 Å². The molecule has 1 rings (SSSR count). The van der Waals surface area contributed by atoms with Gasteiger partial charge in [-0.2, -0.15) is 0 Å². The Morgan fingerprint density at radius 1 is 1.50 bits per heavy atom. The SMILES string of the molecule is COC1CC(F)CCC1O. The summed E-state index contributed by atoms with van der Waals surface area (Å²) >= 11 is 0. The molecule has 1 fully saturated rings. The Morgan fingerprint density at radius 2 is 2.20 bits per heavy atom. The number of rotatable bonds is 1. The van der Waals surface area contributed by atoms with E-state index in [1.165, 1.54) is 7.11 Å². The normalized spacial score (nSPS) is 41.7. The largest absolute Gasteiger partial charge is 0.390 e. The Balaban J connectivity index is 2.38. The van der Waals surface area contributed by atoms with Crippen LogP contribution in [0.2, 0.25) is 0 Å². The van der Waals surface area contributed by atoms with Crippen molar-refractivity contribution in [1.82, 2.24) is 0 Å². The van der Waals surface area contributed by atoms with Crippen molar-refractivity contribution in [3.63, 3.8) is 0 Å². The molecule has 0 saturated heterocycles. The molecular weight excluding hydrogens is 135 g/mol. The molecule has 3 heteroatoms. The Labute approximate surface area is 60.0 Å². The van der Waals surface area contributed by atoms with Crippen molar-refractivity contribution in [3.8, 4) is 0 Å². The highest BCUT2D eigenvalue weighted by Gasteiger charge is 2.28. The Kier molecular flexibility index (Phi) is 2.63. The maximum absolute atomic E-state index is 12.6. The van der Waals surface area contributed by atoms with Crippen molar-refractivity contribution in [2.75, 3.05) is 7.11 Å². The lowest BCUT2D eigenvalue weighted by molar-refractivity contribution is -0.0549. The van der Waals surface area contributed by atoms with Gasteiger partial charge in [-0.3, -0.25) is 0 Å². The monoisotopic (exact) mass is 148 g/mol. The summed E-state index contributed by atoms with van der Waals surface area (Å²) in [6.07, 6.45) is -0.188. The molecule has 0 amide bonds. The molecule has 0 spiro atoms. The fraction of sp³-hybridized carbons (Fsp3) is 1.00. The minimum Gasteiger partial charge on any atom is -0.390 e. The number of hydrogen-bond acceptors (Lipinski definition) is 2. The Morgan fingerprint density at radius 3 is 2.70 bits per heavy atom. The standard InChI is InChI=1S/C7H13FO2/c1-10-7-4-5(8)2-3-6(7)9/h5-7,9H,2-4H2,1H3. The number of methoxy groups -OCH3 is 1. The molecule has 1 aliphatic rings. The average molecular weight is 148 g/mol. The molecule has 10 heavy (non-hydrogen) atoms. The second-order valence-electron chi connectivity index (χ2n) is 2.75. The van der Waals surface area contributed by atoms with Crippen molar-refractivity contribution in [2.24, 2.45) is 0 Å². The molecule has 3 atom stereocenters. The minimum atomic E-state index is -0.784. The van der Waals surface area contributed by atoms with Gasteiger partial charge in [-0.25, -0.2) is 4.39 Å². The zero-order chi connectivity index (χ0) is 7.56. The quantitative estimate of drug-likeness (QED) is 0.598. The topological polar surface area (TPSA) is 29.5 Å². The Bertz CT molecular complexity index is 108. The van der Waals surface area contributed by atoms with Crippen LogP contribution in [0.5, 0.6) is 0 Å². The number of aliphatic hydroxyl groups is 1. The second kappa shape index (κ2) is 3.30. The molecule has 0 aromatic rings. The minimum absolute atomic E-state index is 0.288. The van der Waals surface area contributed by atoms with Crippen LogP contribution in [0.25, 0.3) is 0 Å². The van der Waals surface area contributed by atoms with Crippen LogP contribution in [0.15, 0.2) is 0 Å². The number of ether oxygens (including phenoxy) is 1. The van der Waals surface area contributed by atoms with E-state index >= 15 is 0 Å². The molecule has 0 heterocycles. The number of alkyl halides is 1. The zero-order valence-corrected chi connectivity index (χ0v) is 6.09. The summed E-state index contributed by atoms with van der Waals surface area (Å²) in [6.45, 7) is 0. The lowest BCUT2D eigenvalue weighted by atomic mass is 9.93. The van der Waals surface area contributed by atoms with Crippen LogP contribution in [0.4, 0.5) is 4.39 Å². The van der Waals surface area contributed by atoms with Gasteiger partial charge in [0.2, 0.25) is 0 Å². The van der Waals surface area contributed by atoms with E-state index in [9.17, 15) is 9.50 Å². The van der Waals surface area contributed by atoms with Crippen LogP contribution >= 0.6 is 0 Å². The van der Waals surface area contributed by atoms with Gasteiger partial charge in [-0.1, -0.05) is 0 Å². The van der Waals surface area contributed by atoms with Crippen molar-refractivity contribution >= 4 is 0 Å². The molecule has 0 radical (unpaired) electrons. The van der Waals surface area contributed by atoms with Gasteiger partial charge in [-0.15, -0.1) is 0 Å². The van der Waals surface area contributed by atoms with E-state index in [0.29, 0.717) is 19.3 Å². The molecule has 0 bridgehead atoms. The molecular formula is C7H13FO2. The first-order chi connectivity index (χ1) is 4.74. The van der Waals surface area contributed by atoms with Crippen LogP contribution in [0.3, 0.4) is 0 Å². The third-order valence-electron chi connectivity index (χ3n) is 2.00. The summed E-state index contributed by atoms with van der Waals surface area (Å²) in [4.78, 5) is 0. The second-order valence-corrected chi connectivity index (χ2v) is 2.75. The van der Waals surface area contributed by atoms with Gasteiger partial charge in [0.15, 0.2) is 0 Å². The van der Waals surface area contributed by atoms with Gasteiger partial charge in [0.25, 0.3) is 0 Å². The van der Waals surface area contributed by atoms with E-state index in [4.69, 9.17) is 4.74 Å². The molecule has 2 nitrogen and oxygen atoms in total. The van der Waals surface area contributed by atoms with E-state index in [-0.39, 0.29) is 6.10 Å². The summed E-state index contributed by atoms with van der Waals surface area (Å²) in [5, 5.41) is 9.20. The maximum Gasteiger partial charge on any atom is 0.103 e. The lowest BCUT2D eigenvalue weighted by Gasteiger charge is -2.28.